The summed E-state index contributed by atoms with van der Waals surface area (Å²) >= 11 is 0. The number of hydrogen-bond acceptors (Lipinski definition) is 3. The Labute approximate surface area is 136 Å². The Morgan fingerprint density at radius 3 is 2.52 bits per heavy atom. The summed E-state index contributed by atoms with van der Waals surface area (Å²) in [5.41, 5.74) is 2.43. The molecule has 23 heavy (non-hydrogen) atoms. The van der Waals surface area contributed by atoms with E-state index in [0.29, 0.717) is 5.56 Å². The molecule has 2 rings (SSSR count). The van der Waals surface area contributed by atoms with Gasteiger partial charge in [0, 0.05) is 0 Å². The molecule has 0 saturated heterocycles. The molecule has 0 aliphatic carbocycles. The fourth-order valence-corrected chi connectivity index (χ4v) is 2.43. The first-order chi connectivity index (χ1) is 11.1. The second-order valence-electron chi connectivity index (χ2n) is 4.93. The molecule has 0 aromatic heterocycles. The predicted molar refractivity (Wildman–Crippen MR) is 94.2 cm³/mol. The van der Waals surface area contributed by atoms with Crippen molar-refractivity contribution in [2.24, 2.45) is 0 Å². The van der Waals surface area contributed by atoms with Gasteiger partial charge >= 0.3 is 5.97 Å². The fraction of sp³-hybridized carbons (Fsp3) is 0.150. The van der Waals surface area contributed by atoms with Crippen LogP contribution in [-0.4, -0.2) is 20.2 Å². The van der Waals surface area contributed by atoms with Crippen molar-refractivity contribution in [2.45, 2.75) is 6.92 Å². The van der Waals surface area contributed by atoms with Gasteiger partial charge in [-0.1, -0.05) is 36.9 Å². The number of benzene rings is 2. The highest BCUT2D eigenvalue weighted by Gasteiger charge is 2.10. The maximum Gasteiger partial charge on any atom is 0.337 e. The fourth-order valence-electron chi connectivity index (χ4n) is 2.43. The van der Waals surface area contributed by atoms with Crippen molar-refractivity contribution >= 4 is 22.3 Å². The summed E-state index contributed by atoms with van der Waals surface area (Å²) in [5, 5.41) is 2.01. The van der Waals surface area contributed by atoms with Crippen LogP contribution < -0.4 is 0 Å². The van der Waals surface area contributed by atoms with Crippen molar-refractivity contribution in [1.29, 1.82) is 0 Å². The molecule has 0 saturated carbocycles. The minimum absolute atomic E-state index is 0.350. The monoisotopic (exact) mass is 308 g/mol. The summed E-state index contributed by atoms with van der Waals surface area (Å²) in [5.74, 6) is 0.401. The Morgan fingerprint density at radius 1 is 1.13 bits per heavy atom. The molecule has 3 nitrogen and oxygen atoms in total. The average Bonchev–Trinajstić information content (AvgIpc) is 2.61. The minimum atomic E-state index is -0.350. The maximum absolute atomic E-state index is 11.8. The van der Waals surface area contributed by atoms with Crippen LogP contribution in [-0.2, 0) is 9.47 Å². The lowest BCUT2D eigenvalue weighted by atomic mass is 9.96. The van der Waals surface area contributed by atoms with Crippen LogP contribution in [0.2, 0.25) is 0 Å². The molecule has 3 heteroatoms. The van der Waals surface area contributed by atoms with Gasteiger partial charge in [-0.05, 0) is 53.1 Å². The summed E-state index contributed by atoms with van der Waals surface area (Å²) < 4.78 is 10.1. The topological polar surface area (TPSA) is 35.5 Å². The van der Waals surface area contributed by atoms with E-state index in [2.05, 4.69) is 6.58 Å². The molecule has 0 radical (unpaired) electrons. The van der Waals surface area contributed by atoms with Crippen LogP contribution in [0.15, 0.2) is 67.0 Å². The standard InChI is InChI=1S/C20H20O3/c1-5-14(12-17(6-2)22-3)18-9-7-8-15-10-11-16(13-19(15)18)20(21)23-4/h5-13H,1H2,2-4H3/b14-12+,17-6+. The van der Waals surface area contributed by atoms with Gasteiger partial charge in [0.05, 0.1) is 19.8 Å². The Bertz CT molecular complexity index is 798. The van der Waals surface area contributed by atoms with Gasteiger partial charge in [0.25, 0.3) is 0 Å². The number of rotatable bonds is 5. The molecule has 0 aliphatic heterocycles. The SMILES string of the molecule is C=C/C(=C\C(=C/C)OC)c1cccc2ccc(C(=O)OC)cc12. The quantitative estimate of drug-likeness (QED) is 0.454. The number of allylic oxidation sites excluding steroid dienone is 4. The number of ether oxygens (including phenoxy) is 2. The number of carbonyl (C=O) groups excluding carboxylic acids is 1. The highest BCUT2D eigenvalue weighted by molar-refractivity contribution is 6.01. The molecule has 0 heterocycles. The van der Waals surface area contributed by atoms with Gasteiger partial charge in [-0.25, -0.2) is 4.79 Å². The molecule has 0 atom stereocenters. The van der Waals surface area contributed by atoms with Crippen LogP contribution >= 0.6 is 0 Å². The predicted octanol–water partition coefficient (Wildman–Crippen LogP) is 4.75. The van der Waals surface area contributed by atoms with Crippen LogP contribution in [0.1, 0.15) is 22.8 Å². The molecular weight excluding hydrogens is 288 g/mol. The van der Waals surface area contributed by atoms with Gasteiger partial charge in [-0.3, -0.25) is 0 Å². The summed E-state index contributed by atoms with van der Waals surface area (Å²) in [6.45, 7) is 5.81. The Hall–Kier alpha value is -2.81. The van der Waals surface area contributed by atoms with E-state index in [1.807, 2.05) is 49.4 Å². The van der Waals surface area contributed by atoms with E-state index >= 15 is 0 Å². The first-order valence-electron chi connectivity index (χ1n) is 7.30. The number of hydrogen-bond donors (Lipinski definition) is 0. The second kappa shape index (κ2) is 7.45. The normalized spacial score (nSPS) is 12.1. The highest BCUT2D eigenvalue weighted by Crippen LogP contribution is 2.28. The van der Waals surface area contributed by atoms with Crippen molar-refractivity contribution < 1.29 is 14.3 Å². The van der Waals surface area contributed by atoms with E-state index in [9.17, 15) is 4.79 Å². The molecule has 0 bridgehead atoms. The van der Waals surface area contributed by atoms with Gasteiger partial charge in [0.15, 0.2) is 0 Å². The third-order valence-electron chi connectivity index (χ3n) is 3.65. The van der Waals surface area contributed by atoms with E-state index in [1.54, 1.807) is 19.3 Å². The zero-order valence-electron chi connectivity index (χ0n) is 13.6. The van der Waals surface area contributed by atoms with Gasteiger partial charge in [-0.2, -0.15) is 0 Å². The lowest BCUT2D eigenvalue weighted by molar-refractivity contribution is 0.0601. The molecule has 0 aliphatic rings. The minimum Gasteiger partial charge on any atom is -0.497 e. The van der Waals surface area contributed by atoms with Crippen molar-refractivity contribution in [2.75, 3.05) is 14.2 Å². The molecule has 118 valence electrons. The molecule has 0 amide bonds. The highest BCUT2D eigenvalue weighted by atomic mass is 16.5. The van der Waals surface area contributed by atoms with Crippen LogP contribution in [0.5, 0.6) is 0 Å². The lowest BCUT2D eigenvalue weighted by Gasteiger charge is -2.10. The van der Waals surface area contributed by atoms with Crippen molar-refractivity contribution in [3.8, 4) is 0 Å². The first-order valence-corrected chi connectivity index (χ1v) is 7.30. The van der Waals surface area contributed by atoms with Crippen LogP contribution in [0, 0.1) is 0 Å². The smallest absolute Gasteiger partial charge is 0.337 e. The Balaban J connectivity index is 2.67. The van der Waals surface area contributed by atoms with Gasteiger partial charge in [-0.15, -0.1) is 0 Å². The summed E-state index contributed by atoms with van der Waals surface area (Å²) in [6, 6.07) is 11.5. The third kappa shape index (κ3) is 3.51. The Morgan fingerprint density at radius 2 is 1.91 bits per heavy atom. The number of methoxy groups -OCH3 is 2. The lowest BCUT2D eigenvalue weighted by Crippen LogP contribution is -2.01. The summed E-state index contributed by atoms with van der Waals surface area (Å²) in [6.07, 6.45) is 5.59. The van der Waals surface area contributed by atoms with Crippen molar-refractivity contribution in [1.82, 2.24) is 0 Å². The summed E-state index contributed by atoms with van der Waals surface area (Å²) in [4.78, 5) is 11.8. The molecule has 0 N–H and O–H groups in total. The number of esters is 1. The first kappa shape index (κ1) is 16.6. The van der Waals surface area contributed by atoms with Gasteiger partial charge in [0.2, 0.25) is 0 Å². The molecule has 0 spiro atoms. The molecule has 2 aromatic rings. The van der Waals surface area contributed by atoms with E-state index in [-0.39, 0.29) is 5.97 Å². The van der Waals surface area contributed by atoms with E-state index < -0.39 is 0 Å². The van der Waals surface area contributed by atoms with Crippen LogP contribution in [0.25, 0.3) is 16.3 Å². The van der Waals surface area contributed by atoms with Gasteiger partial charge < -0.3 is 9.47 Å². The second-order valence-corrected chi connectivity index (χ2v) is 4.93. The average molecular weight is 308 g/mol. The maximum atomic E-state index is 11.8. The van der Waals surface area contributed by atoms with Crippen molar-refractivity contribution in [3.63, 3.8) is 0 Å². The third-order valence-corrected chi connectivity index (χ3v) is 3.65. The zero-order valence-corrected chi connectivity index (χ0v) is 13.6. The molecular formula is C20H20O3. The van der Waals surface area contributed by atoms with Gasteiger partial charge in [0.1, 0.15) is 5.76 Å². The number of fused-ring (bicyclic) bond motifs is 1. The summed E-state index contributed by atoms with van der Waals surface area (Å²) in [7, 11) is 3.01. The zero-order chi connectivity index (χ0) is 16.8. The molecule has 2 aromatic carbocycles. The van der Waals surface area contributed by atoms with Crippen LogP contribution in [0.4, 0.5) is 0 Å². The van der Waals surface area contributed by atoms with E-state index in [1.165, 1.54) is 7.11 Å². The number of carbonyl (C=O) groups is 1. The molecule has 0 fully saturated rings. The van der Waals surface area contributed by atoms with Crippen molar-refractivity contribution in [3.05, 3.63) is 78.1 Å². The molecule has 0 unspecified atom stereocenters. The van der Waals surface area contributed by atoms with E-state index in [0.717, 1.165) is 27.7 Å². The van der Waals surface area contributed by atoms with E-state index in [4.69, 9.17) is 9.47 Å². The Kier molecular flexibility index (Phi) is 5.36. The largest absolute Gasteiger partial charge is 0.497 e. The van der Waals surface area contributed by atoms with Crippen LogP contribution in [0.3, 0.4) is 0 Å².